The Morgan fingerprint density at radius 1 is 1.53 bits per heavy atom. The molecule has 1 atom stereocenters. The smallest absolute Gasteiger partial charge is 0.276 e. The fourth-order valence-corrected chi connectivity index (χ4v) is 3.52. The molecule has 2 heterocycles. The molecule has 1 unspecified atom stereocenters. The van der Waals surface area contributed by atoms with E-state index in [0.717, 1.165) is 12.8 Å². The first-order valence-corrected chi connectivity index (χ1v) is 7.21. The van der Waals surface area contributed by atoms with Gasteiger partial charge < -0.3 is 9.52 Å². The predicted octanol–water partition coefficient (Wildman–Crippen LogP) is 1.19. The third-order valence-corrected chi connectivity index (χ3v) is 4.95. The Balaban J connectivity index is 2.19. The van der Waals surface area contributed by atoms with Crippen LogP contribution in [0.3, 0.4) is 0 Å². The number of nitrogens with zero attached hydrogens (tertiary/aromatic N) is 1. The van der Waals surface area contributed by atoms with E-state index in [9.17, 15) is 8.42 Å². The number of sulfonamides is 1. The van der Waals surface area contributed by atoms with Gasteiger partial charge in [-0.05, 0) is 24.5 Å². The third-order valence-electron chi connectivity index (χ3n) is 3.21. The Morgan fingerprint density at radius 3 is 2.82 bits per heavy atom. The van der Waals surface area contributed by atoms with Gasteiger partial charge in [-0.15, -0.1) is 0 Å². The van der Waals surface area contributed by atoms with Crippen LogP contribution >= 0.6 is 0 Å². The molecule has 2 rings (SSSR count). The molecule has 96 valence electrons. The molecule has 1 aromatic heterocycles. The molecule has 0 aromatic carbocycles. The summed E-state index contributed by atoms with van der Waals surface area (Å²) in [5.74, 6) is 0.715. The number of rotatable bonds is 4. The predicted molar refractivity (Wildman–Crippen MR) is 61.8 cm³/mol. The first-order valence-electron chi connectivity index (χ1n) is 5.77. The van der Waals surface area contributed by atoms with E-state index in [2.05, 4.69) is 6.92 Å². The Morgan fingerprint density at radius 2 is 2.29 bits per heavy atom. The molecule has 0 aliphatic carbocycles. The van der Waals surface area contributed by atoms with Gasteiger partial charge in [0.2, 0.25) is 5.09 Å². The maximum atomic E-state index is 12.2. The molecule has 6 heteroatoms. The number of hydrogen-bond donors (Lipinski definition) is 1. The Labute approximate surface area is 101 Å². The number of aliphatic hydroxyl groups excluding tert-OH is 1. The highest BCUT2D eigenvalue weighted by Gasteiger charge is 2.33. The molecular weight excluding hydrogens is 242 g/mol. The fraction of sp³-hybridized carbons (Fsp3) is 0.636. The second-order valence-electron chi connectivity index (χ2n) is 4.30. The van der Waals surface area contributed by atoms with Gasteiger partial charge in [-0.3, -0.25) is 0 Å². The highest BCUT2D eigenvalue weighted by Crippen LogP contribution is 2.26. The lowest BCUT2D eigenvalue weighted by atomic mass is 10.1. The second-order valence-corrected chi connectivity index (χ2v) is 6.17. The van der Waals surface area contributed by atoms with Crippen LogP contribution in [0.15, 0.2) is 21.6 Å². The highest BCUT2D eigenvalue weighted by molar-refractivity contribution is 7.89. The SMILES string of the molecule is CCC1CCN(S(=O)(=O)c2ccc(CO)o2)C1. The van der Waals surface area contributed by atoms with E-state index >= 15 is 0 Å². The van der Waals surface area contributed by atoms with Gasteiger partial charge in [-0.2, -0.15) is 4.31 Å². The Hall–Kier alpha value is -0.850. The molecule has 0 bridgehead atoms. The first-order chi connectivity index (χ1) is 8.07. The van der Waals surface area contributed by atoms with Crippen LogP contribution in [-0.2, 0) is 16.6 Å². The lowest BCUT2D eigenvalue weighted by Gasteiger charge is -2.14. The highest BCUT2D eigenvalue weighted by atomic mass is 32.2. The van der Waals surface area contributed by atoms with Crippen molar-refractivity contribution in [2.24, 2.45) is 5.92 Å². The van der Waals surface area contributed by atoms with E-state index in [1.807, 2.05) is 0 Å². The molecule has 1 N–H and O–H groups in total. The summed E-state index contributed by atoms with van der Waals surface area (Å²) in [6, 6.07) is 2.89. The molecule has 0 saturated carbocycles. The van der Waals surface area contributed by atoms with E-state index in [0.29, 0.717) is 19.0 Å². The van der Waals surface area contributed by atoms with Crippen LogP contribution in [0, 0.1) is 5.92 Å². The zero-order chi connectivity index (χ0) is 12.5. The molecule has 0 spiro atoms. The maximum Gasteiger partial charge on any atom is 0.276 e. The average molecular weight is 259 g/mol. The van der Waals surface area contributed by atoms with Gasteiger partial charge in [0.25, 0.3) is 10.0 Å². The van der Waals surface area contributed by atoms with Crippen LogP contribution in [0.25, 0.3) is 0 Å². The summed E-state index contributed by atoms with van der Waals surface area (Å²) >= 11 is 0. The lowest BCUT2D eigenvalue weighted by molar-refractivity contribution is 0.235. The molecule has 1 saturated heterocycles. The molecular formula is C11H17NO4S. The second kappa shape index (κ2) is 4.80. The summed E-state index contributed by atoms with van der Waals surface area (Å²) in [5, 5.41) is 8.79. The van der Waals surface area contributed by atoms with E-state index in [1.165, 1.54) is 16.4 Å². The third kappa shape index (κ3) is 2.38. The largest absolute Gasteiger partial charge is 0.446 e. The van der Waals surface area contributed by atoms with E-state index in [1.54, 1.807) is 0 Å². The summed E-state index contributed by atoms with van der Waals surface area (Å²) < 4.78 is 30.9. The fourth-order valence-electron chi connectivity index (χ4n) is 2.06. The van der Waals surface area contributed by atoms with Gasteiger partial charge in [-0.25, -0.2) is 8.42 Å². The average Bonchev–Trinajstić information content (AvgIpc) is 2.98. The normalized spacial score (nSPS) is 22.1. The van der Waals surface area contributed by atoms with Crippen LogP contribution in [-0.4, -0.2) is 30.9 Å². The number of hydrogen-bond acceptors (Lipinski definition) is 4. The van der Waals surface area contributed by atoms with Crippen molar-refractivity contribution >= 4 is 10.0 Å². The minimum atomic E-state index is -3.52. The van der Waals surface area contributed by atoms with Gasteiger partial charge in [0, 0.05) is 13.1 Å². The summed E-state index contributed by atoms with van der Waals surface area (Å²) in [7, 11) is -3.52. The monoisotopic (exact) mass is 259 g/mol. The zero-order valence-corrected chi connectivity index (χ0v) is 10.6. The minimum absolute atomic E-state index is 0.0710. The number of aliphatic hydroxyl groups is 1. The van der Waals surface area contributed by atoms with Gasteiger partial charge in [0.1, 0.15) is 12.4 Å². The van der Waals surface area contributed by atoms with Crippen molar-refractivity contribution in [3.8, 4) is 0 Å². The lowest BCUT2D eigenvalue weighted by Crippen LogP contribution is -2.28. The molecule has 5 nitrogen and oxygen atoms in total. The molecule has 1 fully saturated rings. The summed E-state index contributed by atoms with van der Waals surface area (Å²) in [5.41, 5.74) is 0. The van der Waals surface area contributed by atoms with Crippen molar-refractivity contribution in [3.63, 3.8) is 0 Å². The van der Waals surface area contributed by atoms with Crippen LogP contribution in [0.5, 0.6) is 0 Å². The molecule has 1 aromatic rings. The summed E-state index contributed by atoms with van der Waals surface area (Å²) in [4.78, 5) is 0. The van der Waals surface area contributed by atoms with E-state index < -0.39 is 10.0 Å². The molecule has 1 aliphatic rings. The summed E-state index contributed by atoms with van der Waals surface area (Å²) in [6.07, 6.45) is 1.90. The zero-order valence-electron chi connectivity index (χ0n) is 9.80. The van der Waals surface area contributed by atoms with Gasteiger partial charge >= 0.3 is 0 Å². The van der Waals surface area contributed by atoms with Crippen LogP contribution in [0.4, 0.5) is 0 Å². The standard InChI is InChI=1S/C11H17NO4S/c1-2-9-5-6-12(7-9)17(14,15)11-4-3-10(8-13)16-11/h3-4,9,13H,2,5-8H2,1H3. The van der Waals surface area contributed by atoms with Crippen molar-refractivity contribution < 1.29 is 17.9 Å². The van der Waals surface area contributed by atoms with Crippen LogP contribution < -0.4 is 0 Å². The quantitative estimate of drug-likeness (QED) is 0.881. The van der Waals surface area contributed by atoms with Gasteiger partial charge in [0.15, 0.2) is 0 Å². The molecule has 17 heavy (non-hydrogen) atoms. The summed E-state index contributed by atoms with van der Waals surface area (Å²) in [6.45, 7) is 2.90. The van der Waals surface area contributed by atoms with Crippen molar-refractivity contribution in [1.82, 2.24) is 4.31 Å². The molecule has 0 amide bonds. The topological polar surface area (TPSA) is 70.8 Å². The van der Waals surface area contributed by atoms with Crippen LogP contribution in [0.1, 0.15) is 25.5 Å². The van der Waals surface area contributed by atoms with Crippen molar-refractivity contribution in [1.29, 1.82) is 0 Å². The van der Waals surface area contributed by atoms with E-state index in [-0.39, 0.29) is 17.5 Å². The van der Waals surface area contributed by atoms with E-state index in [4.69, 9.17) is 9.52 Å². The molecule has 0 radical (unpaired) electrons. The molecule has 1 aliphatic heterocycles. The first kappa shape index (κ1) is 12.6. The minimum Gasteiger partial charge on any atom is -0.446 e. The Kier molecular flexibility index (Phi) is 3.56. The van der Waals surface area contributed by atoms with Gasteiger partial charge in [-0.1, -0.05) is 13.3 Å². The number of furan rings is 1. The van der Waals surface area contributed by atoms with Crippen molar-refractivity contribution in [3.05, 3.63) is 17.9 Å². The van der Waals surface area contributed by atoms with Crippen molar-refractivity contribution in [2.45, 2.75) is 31.5 Å². The van der Waals surface area contributed by atoms with Crippen LogP contribution in [0.2, 0.25) is 0 Å². The van der Waals surface area contributed by atoms with Crippen molar-refractivity contribution in [2.75, 3.05) is 13.1 Å². The Bertz CT molecular complexity index is 479. The maximum absolute atomic E-state index is 12.2. The van der Waals surface area contributed by atoms with Gasteiger partial charge in [0.05, 0.1) is 0 Å².